The maximum absolute atomic E-state index is 11.0. The molecule has 1 N–H and O–H groups in total. The van der Waals surface area contributed by atoms with E-state index in [2.05, 4.69) is 20.7 Å². The van der Waals surface area contributed by atoms with E-state index in [1.54, 1.807) is 20.3 Å². The fourth-order valence-electron chi connectivity index (χ4n) is 1.49. The molecule has 0 saturated carbocycles. The Morgan fingerprint density at radius 3 is 2.33 bits per heavy atom. The van der Waals surface area contributed by atoms with Crippen molar-refractivity contribution >= 4 is 26.0 Å². The molecule has 1 rings (SSSR count). The molecule has 0 saturated heterocycles. The van der Waals surface area contributed by atoms with Crippen LogP contribution < -0.4 is 14.2 Å². The molecule has 102 valence electrons. The maximum Gasteiger partial charge on any atom is 0.208 e. The molecule has 0 spiro atoms. The average Bonchev–Trinajstić information content (AvgIpc) is 2.28. The Balaban J connectivity index is 2.86. The van der Waals surface area contributed by atoms with Crippen LogP contribution in [0.5, 0.6) is 11.5 Å². The minimum atomic E-state index is -3.17. The lowest BCUT2D eigenvalue weighted by Crippen LogP contribution is -2.24. The summed E-state index contributed by atoms with van der Waals surface area (Å²) in [6.45, 7) is 0.319. The van der Waals surface area contributed by atoms with Crippen LogP contribution in [0.2, 0.25) is 0 Å². The largest absolute Gasteiger partial charge is 0.496 e. The fourth-order valence-corrected chi connectivity index (χ4v) is 2.45. The minimum absolute atomic E-state index is 0.319. The Hall–Kier alpha value is -0.790. The summed E-state index contributed by atoms with van der Waals surface area (Å²) < 4.78 is 35.6. The van der Waals surface area contributed by atoms with E-state index in [0.29, 0.717) is 24.5 Å². The van der Waals surface area contributed by atoms with E-state index in [1.807, 2.05) is 6.07 Å². The van der Waals surface area contributed by atoms with Crippen LogP contribution in [0.3, 0.4) is 0 Å². The molecule has 0 atom stereocenters. The van der Waals surface area contributed by atoms with Crippen molar-refractivity contribution in [3.05, 3.63) is 22.2 Å². The van der Waals surface area contributed by atoms with E-state index in [-0.39, 0.29) is 0 Å². The molecule has 0 aromatic heterocycles. The summed E-state index contributed by atoms with van der Waals surface area (Å²) in [6, 6.07) is 3.63. The molecule has 0 heterocycles. The number of benzene rings is 1. The van der Waals surface area contributed by atoms with E-state index >= 15 is 0 Å². The highest BCUT2D eigenvalue weighted by Gasteiger charge is 2.10. The molecule has 1 aromatic rings. The van der Waals surface area contributed by atoms with Gasteiger partial charge in [-0.3, -0.25) is 0 Å². The molecule has 7 heteroatoms. The smallest absolute Gasteiger partial charge is 0.208 e. The molecular formula is C11H16BrNO4S. The normalized spacial score (nSPS) is 11.3. The van der Waals surface area contributed by atoms with Crippen LogP contribution >= 0.6 is 15.9 Å². The van der Waals surface area contributed by atoms with Crippen molar-refractivity contribution in [3.63, 3.8) is 0 Å². The van der Waals surface area contributed by atoms with E-state index in [0.717, 1.165) is 16.3 Å². The molecule has 0 bridgehead atoms. The predicted molar refractivity (Wildman–Crippen MR) is 73.8 cm³/mol. The highest BCUT2D eigenvalue weighted by atomic mass is 79.9. The van der Waals surface area contributed by atoms with E-state index in [9.17, 15) is 8.42 Å². The lowest BCUT2D eigenvalue weighted by Gasteiger charge is -2.12. The Morgan fingerprint density at radius 1 is 1.22 bits per heavy atom. The number of rotatable bonds is 6. The molecular weight excluding hydrogens is 322 g/mol. The van der Waals surface area contributed by atoms with Crippen LogP contribution in [0.1, 0.15) is 5.56 Å². The molecule has 0 aliphatic heterocycles. The van der Waals surface area contributed by atoms with Gasteiger partial charge in [0.05, 0.1) is 24.9 Å². The van der Waals surface area contributed by atoms with Crippen LogP contribution in [0, 0.1) is 0 Å². The summed E-state index contributed by atoms with van der Waals surface area (Å²) in [6.07, 6.45) is 1.66. The van der Waals surface area contributed by atoms with Gasteiger partial charge in [0.25, 0.3) is 0 Å². The summed E-state index contributed by atoms with van der Waals surface area (Å²) in [5.74, 6) is 1.38. The van der Waals surface area contributed by atoms with Crippen LogP contribution in [-0.2, 0) is 16.4 Å². The van der Waals surface area contributed by atoms with E-state index < -0.39 is 10.0 Å². The number of methoxy groups -OCH3 is 2. The summed E-state index contributed by atoms with van der Waals surface area (Å²) in [5.41, 5.74) is 0.883. The summed E-state index contributed by atoms with van der Waals surface area (Å²) in [4.78, 5) is 0. The number of nitrogens with one attached hydrogen (secondary N) is 1. The van der Waals surface area contributed by atoms with Gasteiger partial charge in [0.15, 0.2) is 0 Å². The zero-order valence-electron chi connectivity index (χ0n) is 10.5. The first-order chi connectivity index (χ1) is 8.37. The standard InChI is InChI=1S/C11H16BrNO4S/c1-16-10-7-9(12)11(17-2)6-8(10)4-5-13-18(3,14)15/h6-7,13H,4-5H2,1-3H3. The summed E-state index contributed by atoms with van der Waals surface area (Å²) in [5, 5.41) is 0. The number of hydrogen-bond donors (Lipinski definition) is 1. The first kappa shape index (κ1) is 15.3. The van der Waals surface area contributed by atoms with Crippen molar-refractivity contribution < 1.29 is 17.9 Å². The maximum atomic E-state index is 11.0. The van der Waals surface area contributed by atoms with Gasteiger partial charge in [0.1, 0.15) is 11.5 Å². The van der Waals surface area contributed by atoms with Crippen molar-refractivity contribution in [1.82, 2.24) is 4.72 Å². The minimum Gasteiger partial charge on any atom is -0.496 e. The van der Waals surface area contributed by atoms with Crippen molar-refractivity contribution in [3.8, 4) is 11.5 Å². The molecule has 0 amide bonds. The second-order valence-corrected chi connectivity index (χ2v) is 6.40. The third kappa shape index (κ3) is 4.47. The van der Waals surface area contributed by atoms with Gasteiger partial charge in [0.2, 0.25) is 10.0 Å². The quantitative estimate of drug-likeness (QED) is 0.855. The highest BCUT2D eigenvalue weighted by molar-refractivity contribution is 9.10. The molecule has 0 radical (unpaired) electrons. The van der Waals surface area contributed by atoms with Gasteiger partial charge >= 0.3 is 0 Å². The van der Waals surface area contributed by atoms with Gasteiger partial charge in [-0.25, -0.2) is 13.1 Å². The van der Waals surface area contributed by atoms with Gasteiger partial charge in [-0.1, -0.05) is 0 Å². The zero-order chi connectivity index (χ0) is 13.8. The molecule has 0 aliphatic rings. The Bertz CT molecular complexity index is 516. The van der Waals surface area contributed by atoms with Crippen LogP contribution in [0.4, 0.5) is 0 Å². The van der Waals surface area contributed by atoms with Gasteiger partial charge in [-0.2, -0.15) is 0 Å². The molecule has 0 aliphatic carbocycles. The predicted octanol–water partition coefficient (Wildman–Crippen LogP) is 1.56. The summed E-state index contributed by atoms with van der Waals surface area (Å²) >= 11 is 3.37. The topological polar surface area (TPSA) is 64.6 Å². The number of sulfonamides is 1. The average molecular weight is 338 g/mol. The Labute approximate surface area is 116 Å². The van der Waals surface area contributed by atoms with Gasteiger partial charge in [0, 0.05) is 6.54 Å². The SMILES string of the molecule is COc1cc(CCNS(C)(=O)=O)c(OC)cc1Br. The highest BCUT2D eigenvalue weighted by Crippen LogP contribution is 2.32. The number of hydrogen-bond acceptors (Lipinski definition) is 4. The Morgan fingerprint density at radius 2 is 1.83 bits per heavy atom. The molecule has 0 fully saturated rings. The van der Waals surface area contributed by atoms with Gasteiger partial charge < -0.3 is 9.47 Å². The third-order valence-electron chi connectivity index (χ3n) is 2.31. The first-order valence-electron chi connectivity index (χ1n) is 5.22. The van der Waals surface area contributed by atoms with Crippen molar-refractivity contribution in [2.75, 3.05) is 27.0 Å². The van der Waals surface area contributed by atoms with Crippen molar-refractivity contribution in [2.45, 2.75) is 6.42 Å². The number of halogens is 1. The second kappa shape index (κ2) is 6.40. The van der Waals surface area contributed by atoms with Crippen LogP contribution in [-0.4, -0.2) is 35.4 Å². The number of ether oxygens (including phenoxy) is 2. The Kier molecular flexibility index (Phi) is 5.43. The molecule has 5 nitrogen and oxygen atoms in total. The summed E-state index contributed by atoms with van der Waals surface area (Å²) in [7, 11) is -0.0233. The second-order valence-electron chi connectivity index (χ2n) is 3.72. The van der Waals surface area contributed by atoms with E-state index in [4.69, 9.17) is 9.47 Å². The molecule has 18 heavy (non-hydrogen) atoms. The monoisotopic (exact) mass is 337 g/mol. The van der Waals surface area contributed by atoms with Gasteiger partial charge in [-0.05, 0) is 40.0 Å². The molecule has 0 unspecified atom stereocenters. The first-order valence-corrected chi connectivity index (χ1v) is 7.91. The molecule has 1 aromatic carbocycles. The lowest BCUT2D eigenvalue weighted by atomic mass is 10.1. The van der Waals surface area contributed by atoms with Gasteiger partial charge in [-0.15, -0.1) is 0 Å². The van der Waals surface area contributed by atoms with Crippen molar-refractivity contribution in [1.29, 1.82) is 0 Å². The third-order valence-corrected chi connectivity index (χ3v) is 3.66. The fraction of sp³-hybridized carbons (Fsp3) is 0.455. The zero-order valence-corrected chi connectivity index (χ0v) is 12.9. The van der Waals surface area contributed by atoms with Crippen LogP contribution in [0.15, 0.2) is 16.6 Å². The lowest BCUT2D eigenvalue weighted by molar-refractivity contribution is 0.396. The van der Waals surface area contributed by atoms with Crippen LogP contribution in [0.25, 0.3) is 0 Å². The van der Waals surface area contributed by atoms with E-state index in [1.165, 1.54) is 0 Å². The van der Waals surface area contributed by atoms with Crippen molar-refractivity contribution in [2.24, 2.45) is 0 Å².